The average Bonchev–Trinajstić information content (AvgIpc) is 2.57. The highest BCUT2D eigenvalue weighted by atomic mass is 32.2. The number of hydrogen-bond acceptors (Lipinski definition) is 3. The third-order valence-corrected chi connectivity index (χ3v) is 5.63. The molecule has 0 aliphatic heterocycles. The van der Waals surface area contributed by atoms with E-state index in [1.807, 2.05) is 0 Å². The normalized spacial score (nSPS) is 15.4. The highest BCUT2D eigenvalue weighted by Crippen LogP contribution is 2.58. The highest BCUT2D eigenvalue weighted by molar-refractivity contribution is 7.87. The summed E-state index contributed by atoms with van der Waals surface area (Å²) in [7, 11) is -7.43. The lowest BCUT2D eigenvalue weighted by Gasteiger charge is -2.38. The van der Waals surface area contributed by atoms with Crippen LogP contribution in [0.4, 0.5) is 43.9 Å². The Labute approximate surface area is 189 Å². The molecule has 1 N–H and O–H groups in total. The van der Waals surface area contributed by atoms with Gasteiger partial charge in [0.2, 0.25) is 0 Å². The molecule has 0 atom stereocenters. The summed E-state index contributed by atoms with van der Waals surface area (Å²) >= 11 is 0. The molecule has 0 saturated carbocycles. The third-order valence-electron chi connectivity index (χ3n) is 4.73. The molecule has 0 amide bonds. The van der Waals surface area contributed by atoms with Crippen molar-refractivity contribution in [3.05, 3.63) is 29.3 Å². The van der Waals surface area contributed by atoms with Gasteiger partial charge in [0.25, 0.3) is 0 Å². The Hall–Kier alpha value is -1.77. The van der Waals surface area contributed by atoms with Crippen LogP contribution in [0.5, 0.6) is 5.75 Å². The van der Waals surface area contributed by atoms with Crippen LogP contribution in [-0.2, 0) is 20.9 Å². The van der Waals surface area contributed by atoms with Gasteiger partial charge in [0, 0.05) is 0 Å². The summed E-state index contributed by atoms with van der Waals surface area (Å²) in [5.74, 6) is -24.0. The minimum absolute atomic E-state index is 0.184. The first-order chi connectivity index (χ1) is 14.5. The number of hydrogen-bond donors (Lipinski definition) is 1. The lowest BCUT2D eigenvalue weighted by molar-refractivity contribution is -0.423. The highest BCUT2D eigenvalue weighted by Gasteiger charge is 2.90. The molecule has 0 aromatic heterocycles. The fourth-order valence-corrected chi connectivity index (χ4v) is 2.91. The summed E-state index contributed by atoms with van der Waals surface area (Å²) in [5.41, 5.74) is -1.29. The molecule has 1 rings (SSSR count). The maximum Gasteiger partial charge on any atom is 0.471 e. The first kappa shape index (κ1) is 30.3. The summed E-state index contributed by atoms with van der Waals surface area (Å²) in [6, 6.07) is 2.95. The van der Waals surface area contributed by atoms with Crippen LogP contribution >= 0.6 is 0 Å². The Bertz CT molecular complexity index is 990. The van der Waals surface area contributed by atoms with E-state index < -0.39 is 55.8 Å². The van der Waals surface area contributed by atoms with E-state index in [9.17, 15) is 52.3 Å². The maximum absolute atomic E-state index is 14.2. The van der Waals surface area contributed by atoms with Crippen molar-refractivity contribution in [2.45, 2.75) is 81.5 Å². The van der Waals surface area contributed by atoms with Crippen molar-refractivity contribution in [1.82, 2.24) is 0 Å². The van der Waals surface area contributed by atoms with Crippen LogP contribution in [0, 0.1) is 0 Å². The Kier molecular flexibility index (Phi) is 7.24. The van der Waals surface area contributed by atoms with Crippen LogP contribution in [0.1, 0.15) is 52.7 Å². The predicted octanol–water partition coefficient (Wildman–Crippen LogP) is 6.64. The molecule has 0 fully saturated rings. The maximum atomic E-state index is 14.2. The summed E-state index contributed by atoms with van der Waals surface area (Å²) in [4.78, 5) is 0. The molecule has 0 heterocycles. The third kappa shape index (κ3) is 4.95. The molecule has 0 bridgehead atoms. The first-order valence-electron chi connectivity index (χ1n) is 9.25. The average molecular weight is 536 g/mol. The quantitative estimate of drug-likeness (QED) is 0.314. The molecule has 15 heteroatoms. The summed E-state index contributed by atoms with van der Waals surface area (Å²) in [6.45, 7) is 9.40. The fraction of sp³-hybridized carbons (Fsp3) is 0.684. The smallest absolute Gasteiger partial charge is 0.428 e. The lowest BCUT2D eigenvalue weighted by Crippen LogP contribution is -2.69. The number of halogens is 10. The molecule has 0 saturated heterocycles. The topological polar surface area (TPSA) is 63.6 Å². The van der Waals surface area contributed by atoms with E-state index in [0.29, 0.717) is 0 Å². The van der Waals surface area contributed by atoms with E-state index in [4.69, 9.17) is 4.55 Å². The van der Waals surface area contributed by atoms with Gasteiger partial charge in [0.05, 0.1) is 0 Å². The Morgan fingerprint density at radius 1 is 0.647 bits per heavy atom. The molecule has 1 aromatic carbocycles. The van der Waals surface area contributed by atoms with Gasteiger partial charge in [-0.15, -0.1) is 0 Å². The van der Waals surface area contributed by atoms with E-state index in [1.54, 1.807) is 41.5 Å². The fourth-order valence-electron chi connectivity index (χ4n) is 2.46. The largest absolute Gasteiger partial charge is 0.471 e. The standard InChI is InChI=1S/C19H22F10O4S/c1-13(2,3)10-7-11(14(4,5)6)9-12(8-10)33-18(26,27)16(22,23)15(20,21)17(24,25)19(28,29)34(30,31)32/h7-9H,1-6H3,(H,30,31,32). The van der Waals surface area contributed by atoms with Crippen LogP contribution in [0.2, 0.25) is 0 Å². The first-order valence-corrected chi connectivity index (χ1v) is 10.7. The molecule has 0 aliphatic rings. The SMILES string of the molecule is CC(C)(C)c1cc(OC(F)(F)C(F)(F)C(F)(F)C(F)(F)C(F)(F)S(=O)(=O)O)cc(C(C)(C)C)c1. The van der Waals surface area contributed by atoms with E-state index in [2.05, 4.69) is 4.74 Å². The van der Waals surface area contributed by atoms with Gasteiger partial charge in [-0.1, -0.05) is 47.6 Å². The van der Waals surface area contributed by atoms with Crippen molar-refractivity contribution in [2.75, 3.05) is 0 Å². The minimum atomic E-state index is -7.72. The summed E-state index contributed by atoms with van der Waals surface area (Å²) in [6.07, 6.45) is -6.55. The van der Waals surface area contributed by atoms with Crippen LogP contribution in [0.25, 0.3) is 0 Å². The van der Waals surface area contributed by atoms with Crippen molar-refractivity contribution in [1.29, 1.82) is 0 Å². The number of alkyl halides is 10. The van der Waals surface area contributed by atoms with E-state index in [1.165, 1.54) is 6.07 Å². The predicted molar refractivity (Wildman–Crippen MR) is 101 cm³/mol. The van der Waals surface area contributed by atoms with Gasteiger partial charge < -0.3 is 4.74 Å². The monoisotopic (exact) mass is 536 g/mol. The summed E-state index contributed by atoms with van der Waals surface area (Å²) < 4.78 is 170. The van der Waals surface area contributed by atoms with Gasteiger partial charge in [-0.3, -0.25) is 4.55 Å². The van der Waals surface area contributed by atoms with Gasteiger partial charge in [0.15, 0.2) is 0 Å². The van der Waals surface area contributed by atoms with Gasteiger partial charge in [-0.25, -0.2) is 0 Å². The molecule has 198 valence electrons. The lowest BCUT2D eigenvalue weighted by atomic mass is 9.80. The second-order valence-corrected chi connectivity index (χ2v) is 11.0. The van der Waals surface area contributed by atoms with Gasteiger partial charge >= 0.3 is 39.2 Å². The molecular formula is C19H22F10O4S. The van der Waals surface area contributed by atoms with Crippen LogP contribution in [0.3, 0.4) is 0 Å². The number of ether oxygens (including phenoxy) is 1. The van der Waals surface area contributed by atoms with E-state index in [-0.39, 0.29) is 11.1 Å². The summed E-state index contributed by atoms with van der Waals surface area (Å²) in [5, 5.41) is -7.26. The molecule has 4 nitrogen and oxygen atoms in total. The zero-order valence-electron chi connectivity index (χ0n) is 18.6. The second kappa shape index (κ2) is 8.14. The van der Waals surface area contributed by atoms with Crippen molar-refractivity contribution >= 4 is 10.1 Å². The minimum Gasteiger partial charge on any atom is -0.428 e. The molecule has 0 radical (unpaired) electrons. The van der Waals surface area contributed by atoms with Crippen molar-refractivity contribution in [3.8, 4) is 5.75 Å². The number of rotatable bonds is 7. The Morgan fingerprint density at radius 3 is 1.29 bits per heavy atom. The molecule has 0 aliphatic carbocycles. The molecule has 34 heavy (non-hydrogen) atoms. The van der Waals surface area contributed by atoms with Crippen molar-refractivity contribution in [2.24, 2.45) is 0 Å². The van der Waals surface area contributed by atoms with Gasteiger partial charge in [-0.05, 0) is 34.1 Å². The van der Waals surface area contributed by atoms with Crippen LogP contribution < -0.4 is 4.74 Å². The molecule has 0 unspecified atom stereocenters. The zero-order chi connectivity index (χ0) is 27.6. The van der Waals surface area contributed by atoms with Crippen molar-refractivity contribution in [3.63, 3.8) is 0 Å². The molecule has 0 spiro atoms. The van der Waals surface area contributed by atoms with Crippen LogP contribution in [0.15, 0.2) is 18.2 Å². The van der Waals surface area contributed by atoms with E-state index >= 15 is 0 Å². The van der Waals surface area contributed by atoms with Crippen molar-refractivity contribution < 1.29 is 61.6 Å². The second-order valence-electron chi connectivity index (χ2n) is 9.58. The van der Waals surface area contributed by atoms with Gasteiger partial charge in [0.1, 0.15) is 5.75 Å². The zero-order valence-corrected chi connectivity index (χ0v) is 19.4. The number of benzene rings is 1. The molecular weight excluding hydrogens is 514 g/mol. The van der Waals surface area contributed by atoms with Crippen LogP contribution in [-0.4, -0.2) is 42.1 Å². The van der Waals surface area contributed by atoms with Gasteiger partial charge in [-0.2, -0.15) is 52.3 Å². The Balaban J connectivity index is 3.66. The molecule has 1 aromatic rings. The van der Waals surface area contributed by atoms with E-state index in [0.717, 1.165) is 12.1 Å². The Morgan fingerprint density at radius 2 is 1.00 bits per heavy atom.